The molecule has 7 nitrogen and oxygen atoms in total. The molecule has 0 aliphatic carbocycles. The standard InChI is InChI=1S/C20H19N3O4S/c1-13(19(24)22-15-8-4-3-5-9-15)26-20(25)16-10-6-7-11-17(16)28-12-18-21-14(2)23-27-18/h3-11,13H,12H2,1-2H3,(H,22,24). The molecule has 3 rings (SSSR count). The fourth-order valence-corrected chi connectivity index (χ4v) is 3.22. The number of para-hydroxylation sites is 1. The lowest BCUT2D eigenvalue weighted by Crippen LogP contribution is -2.30. The highest BCUT2D eigenvalue weighted by atomic mass is 32.2. The Balaban J connectivity index is 1.62. The number of nitrogens with one attached hydrogen (secondary N) is 1. The lowest BCUT2D eigenvalue weighted by molar-refractivity contribution is -0.123. The molecule has 1 atom stereocenters. The number of nitrogens with zero attached hydrogens (tertiary/aromatic N) is 2. The predicted molar refractivity (Wildman–Crippen MR) is 105 cm³/mol. The quantitative estimate of drug-likeness (QED) is 0.478. The molecule has 1 aromatic heterocycles. The van der Waals surface area contributed by atoms with Crippen molar-refractivity contribution in [2.24, 2.45) is 0 Å². The Labute approximate surface area is 166 Å². The molecular weight excluding hydrogens is 378 g/mol. The van der Waals surface area contributed by atoms with Gasteiger partial charge in [-0.3, -0.25) is 4.79 Å². The van der Waals surface area contributed by atoms with Gasteiger partial charge in [-0.15, -0.1) is 11.8 Å². The van der Waals surface area contributed by atoms with Crippen LogP contribution in [0.2, 0.25) is 0 Å². The number of esters is 1. The van der Waals surface area contributed by atoms with Crippen LogP contribution in [0.25, 0.3) is 0 Å². The molecule has 0 bridgehead atoms. The molecule has 8 heteroatoms. The summed E-state index contributed by atoms with van der Waals surface area (Å²) in [5, 5.41) is 6.46. The van der Waals surface area contributed by atoms with E-state index >= 15 is 0 Å². The molecule has 1 N–H and O–H groups in total. The molecule has 0 saturated heterocycles. The summed E-state index contributed by atoms with van der Waals surface area (Å²) in [5.41, 5.74) is 1.02. The molecule has 144 valence electrons. The number of rotatable bonds is 7. The van der Waals surface area contributed by atoms with Crippen LogP contribution in [0.3, 0.4) is 0 Å². The first-order valence-electron chi connectivity index (χ1n) is 8.61. The number of hydrogen-bond acceptors (Lipinski definition) is 7. The van der Waals surface area contributed by atoms with Crippen molar-refractivity contribution in [3.8, 4) is 0 Å². The number of aromatic nitrogens is 2. The Morgan fingerprint density at radius 1 is 1.14 bits per heavy atom. The van der Waals surface area contributed by atoms with Crippen molar-refractivity contribution in [3.05, 3.63) is 71.9 Å². The third-order valence-electron chi connectivity index (χ3n) is 3.72. The van der Waals surface area contributed by atoms with Gasteiger partial charge in [-0.25, -0.2) is 4.79 Å². The smallest absolute Gasteiger partial charge is 0.340 e. The minimum atomic E-state index is -0.940. The highest BCUT2D eigenvalue weighted by Gasteiger charge is 2.21. The van der Waals surface area contributed by atoms with Gasteiger partial charge in [-0.2, -0.15) is 4.98 Å². The normalized spacial score (nSPS) is 11.6. The summed E-state index contributed by atoms with van der Waals surface area (Å²) in [6.07, 6.45) is -0.940. The molecule has 0 fully saturated rings. The van der Waals surface area contributed by atoms with Gasteiger partial charge in [0.1, 0.15) is 0 Å². The second-order valence-corrected chi connectivity index (χ2v) is 6.94. The number of carbonyl (C=O) groups excluding carboxylic acids is 2. The van der Waals surface area contributed by atoms with Crippen LogP contribution >= 0.6 is 11.8 Å². The SMILES string of the molecule is Cc1noc(CSc2ccccc2C(=O)OC(C)C(=O)Nc2ccccc2)n1. The Morgan fingerprint density at radius 2 is 1.86 bits per heavy atom. The number of carbonyl (C=O) groups is 2. The van der Waals surface area contributed by atoms with Crippen molar-refractivity contribution in [3.63, 3.8) is 0 Å². The van der Waals surface area contributed by atoms with E-state index in [1.807, 2.05) is 24.3 Å². The largest absolute Gasteiger partial charge is 0.449 e. The zero-order chi connectivity index (χ0) is 19.9. The fraction of sp³-hybridized carbons (Fsp3) is 0.200. The Morgan fingerprint density at radius 3 is 2.57 bits per heavy atom. The molecule has 0 saturated carbocycles. The van der Waals surface area contributed by atoms with Crippen LogP contribution in [0.4, 0.5) is 5.69 Å². The predicted octanol–water partition coefficient (Wildman–Crippen LogP) is 3.85. The first-order chi connectivity index (χ1) is 13.5. The molecule has 1 amide bonds. The maximum absolute atomic E-state index is 12.6. The molecule has 3 aromatic rings. The van der Waals surface area contributed by atoms with Crippen molar-refractivity contribution >= 4 is 29.3 Å². The summed E-state index contributed by atoms with van der Waals surface area (Å²) >= 11 is 1.38. The topological polar surface area (TPSA) is 94.3 Å². The van der Waals surface area contributed by atoms with Gasteiger partial charge < -0.3 is 14.6 Å². The van der Waals surface area contributed by atoms with E-state index in [1.165, 1.54) is 18.7 Å². The molecule has 0 aliphatic heterocycles. The molecule has 2 aromatic carbocycles. The van der Waals surface area contributed by atoms with E-state index in [0.717, 1.165) is 0 Å². The highest BCUT2D eigenvalue weighted by Crippen LogP contribution is 2.26. The lowest BCUT2D eigenvalue weighted by Gasteiger charge is -2.15. The van der Waals surface area contributed by atoms with Gasteiger partial charge in [-0.1, -0.05) is 35.5 Å². The van der Waals surface area contributed by atoms with Crippen LogP contribution in [0.15, 0.2) is 64.0 Å². The summed E-state index contributed by atoms with van der Waals surface area (Å²) in [6.45, 7) is 3.28. The third kappa shape index (κ3) is 5.20. The minimum Gasteiger partial charge on any atom is -0.449 e. The van der Waals surface area contributed by atoms with E-state index in [1.54, 1.807) is 37.3 Å². The van der Waals surface area contributed by atoms with Crippen LogP contribution < -0.4 is 5.32 Å². The zero-order valence-corrected chi connectivity index (χ0v) is 16.2. The summed E-state index contributed by atoms with van der Waals surface area (Å²) in [5.74, 6) is 0.490. The number of anilines is 1. The van der Waals surface area contributed by atoms with Crippen LogP contribution in [-0.2, 0) is 15.3 Å². The van der Waals surface area contributed by atoms with Gasteiger partial charge in [0.2, 0.25) is 5.89 Å². The molecule has 1 heterocycles. The summed E-state index contributed by atoms with van der Waals surface area (Å²) in [4.78, 5) is 29.7. The van der Waals surface area contributed by atoms with E-state index in [2.05, 4.69) is 15.5 Å². The third-order valence-corrected chi connectivity index (χ3v) is 4.78. The van der Waals surface area contributed by atoms with Crippen molar-refractivity contribution in [2.45, 2.75) is 30.6 Å². The highest BCUT2D eigenvalue weighted by molar-refractivity contribution is 7.98. The monoisotopic (exact) mass is 397 g/mol. The van der Waals surface area contributed by atoms with E-state index in [-0.39, 0.29) is 0 Å². The summed E-state index contributed by atoms with van der Waals surface area (Å²) in [6, 6.07) is 16.0. The summed E-state index contributed by atoms with van der Waals surface area (Å²) < 4.78 is 10.4. The molecule has 28 heavy (non-hydrogen) atoms. The molecule has 1 unspecified atom stereocenters. The number of amides is 1. The summed E-state index contributed by atoms with van der Waals surface area (Å²) in [7, 11) is 0. The van der Waals surface area contributed by atoms with E-state index < -0.39 is 18.0 Å². The molecule has 0 radical (unpaired) electrons. The molecule has 0 spiro atoms. The zero-order valence-electron chi connectivity index (χ0n) is 15.4. The van der Waals surface area contributed by atoms with Crippen LogP contribution in [0.1, 0.15) is 29.0 Å². The second-order valence-electron chi connectivity index (χ2n) is 5.92. The fourth-order valence-electron chi connectivity index (χ4n) is 2.34. The van der Waals surface area contributed by atoms with E-state index in [4.69, 9.17) is 9.26 Å². The number of aryl methyl sites for hydroxylation is 1. The van der Waals surface area contributed by atoms with Crippen LogP contribution in [0, 0.1) is 6.92 Å². The molecular formula is C20H19N3O4S. The first-order valence-corrected chi connectivity index (χ1v) is 9.59. The van der Waals surface area contributed by atoms with Gasteiger partial charge in [-0.05, 0) is 38.1 Å². The van der Waals surface area contributed by atoms with E-state index in [0.29, 0.717) is 33.6 Å². The number of benzene rings is 2. The second kappa shape index (κ2) is 9.18. The minimum absolute atomic E-state index is 0.378. The lowest BCUT2D eigenvalue weighted by atomic mass is 10.2. The van der Waals surface area contributed by atoms with Gasteiger partial charge >= 0.3 is 5.97 Å². The van der Waals surface area contributed by atoms with Gasteiger partial charge in [0.15, 0.2) is 11.9 Å². The Kier molecular flexibility index (Phi) is 6.44. The first kappa shape index (κ1) is 19.6. The van der Waals surface area contributed by atoms with Gasteiger partial charge in [0.05, 0.1) is 11.3 Å². The average molecular weight is 397 g/mol. The van der Waals surface area contributed by atoms with Gasteiger partial charge in [0, 0.05) is 10.6 Å². The van der Waals surface area contributed by atoms with Crippen LogP contribution in [0.5, 0.6) is 0 Å². The van der Waals surface area contributed by atoms with Crippen molar-refractivity contribution < 1.29 is 18.8 Å². The Hall–Kier alpha value is -3.13. The molecule has 0 aliphatic rings. The van der Waals surface area contributed by atoms with Crippen molar-refractivity contribution in [1.29, 1.82) is 0 Å². The maximum atomic E-state index is 12.6. The van der Waals surface area contributed by atoms with Crippen molar-refractivity contribution in [1.82, 2.24) is 10.1 Å². The number of hydrogen-bond donors (Lipinski definition) is 1. The Bertz CT molecular complexity index is 959. The number of ether oxygens (including phenoxy) is 1. The van der Waals surface area contributed by atoms with Gasteiger partial charge in [0.25, 0.3) is 5.91 Å². The van der Waals surface area contributed by atoms with Crippen LogP contribution in [-0.4, -0.2) is 28.1 Å². The maximum Gasteiger partial charge on any atom is 0.340 e. The van der Waals surface area contributed by atoms with Crippen molar-refractivity contribution in [2.75, 3.05) is 5.32 Å². The average Bonchev–Trinajstić information content (AvgIpc) is 3.12. The number of thioether (sulfide) groups is 1. The van der Waals surface area contributed by atoms with E-state index in [9.17, 15) is 9.59 Å².